The Hall–Kier alpha value is -0.860. The van der Waals surface area contributed by atoms with E-state index in [4.69, 9.17) is 34.8 Å². The van der Waals surface area contributed by atoms with Crippen LogP contribution in [0.1, 0.15) is 6.92 Å². The van der Waals surface area contributed by atoms with E-state index in [0.29, 0.717) is 0 Å². The Morgan fingerprint density at radius 3 is 1.64 bits per heavy atom. The highest BCUT2D eigenvalue weighted by atomic mass is 35.5. The number of nitrogens with one attached hydrogen (secondary N) is 1. The van der Waals surface area contributed by atoms with Gasteiger partial charge in [-0.15, -0.1) is 0 Å². The zero-order valence-electron chi connectivity index (χ0n) is 10.5. The first-order valence-electron chi connectivity index (χ1n) is 5.31. The fourth-order valence-corrected chi connectivity index (χ4v) is 2.23. The molecule has 1 N–H and O–H groups in total. The Bertz CT molecular complexity index is 561. The molecule has 0 aliphatic heterocycles. The topological polar surface area (TPSA) is 29.1 Å². The molecule has 0 aliphatic carbocycles. The molecule has 0 bridgehead atoms. The maximum atomic E-state index is 12.8. The van der Waals surface area contributed by atoms with E-state index in [9.17, 15) is 31.1 Å². The van der Waals surface area contributed by atoms with Crippen LogP contribution in [0.5, 0.6) is 0 Å². The Balaban J connectivity index is 3.31. The molecule has 1 aromatic carbocycles. The fourth-order valence-electron chi connectivity index (χ4n) is 1.32. The van der Waals surface area contributed by atoms with Crippen LogP contribution in [0.4, 0.5) is 32.0 Å². The molecular weight excluding hydrogens is 382 g/mol. The van der Waals surface area contributed by atoms with Crippen LogP contribution in [0.2, 0.25) is 15.1 Å². The number of benzene rings is 1. The quantitative estimate of drug-likeness (QED) is 0.646. The number of anilines is 1. The molecule has 0 fully saturated rings. The minimum atomic E-state index is -5.87. The average Bonchev–Trinajstić information content (AvgIpc) is 2.29. The van der Waals surface area contributed by atoms with E-state index in [-0.39, 0.29) is 11.9 Å². The summed E-state index contributed by atoms with van der Waals surface area (Å²) in [7, 11) is 0. The molecule has 0 aliphatic rings. The molecule has 0 aromatic heterocycles. The number of halogens is 9. The lowest BCUT2D eigenvalue weighted by Crippen LogP contribution is -2.55. The van der Waals surface area contributed by atoms with Crippen LogP contribution in [0.25, 0.3) is 0 Å². The molecule has 0 heterocycles. The number of amides is 1. The lowest BCUT2D eigenvalue weighted by Gasteiger charge is -2.32. The Kier molecular flexibility index (Phi) is 5.21. The summed E-state index contributed by atoms with van der Waals surface area (Å²) in [5.74, 6) is -2.36. The van der Waals surface area contributed by atoms with Gasteiger partial charge in [0.25, 0.3) is 0 Å². The summed E-state index contributed by atoms with van der Waals surface area (Å²) in [4.78, 5) is 11.6. The molecule has 0 unspecified atom stereocenters. The van der Waals surface area contributed by atoms with Crippen LogP contribution in [0.3, 0.4) is 0 Å². The summed E-state index contributed by atoms with van der Waals surface area (Å²) < 4.78 is 76.5. The predicted octanol–water partition coefficient (Wildman–Crippen LogP) is 5.72. The highest BCUT2D eigenvalue weighted by Crippen LogP contribution is 2.51. The second-order valence-corrected chi connectivity index (χ2v) is 5.57. The number of carbonyl (C=O) groups excluding carboxylic acids is 1. The molecular formula is C11H6Cl3F6NO. The monoisotopic (exact) mass is 387 g/mol. The van der Waals surface area contributed by atoms with Gasteiger partial charge in [0.05, 0.1) is 15.7 Å². The van der Waals surface area contributed by atoms with Crippen LogP contribution in [0, 0.1) is 5.41 Å². The third-order valence-electron chi connectivity index (χ3n) is 2.83. The highest BCUT2D eigenvalue weighted by molar-refractivity contribution is 6.42. The Labute approximate surface area is 135 Å². The standard InChI is InChI=1S/C11H6Cl3F6NO/c1-9(10(15,16)17,11(18,19)20)8(22)21-7-5(13)2-4(12)3-6(7)14/h2-3H,1H3,(H,21,22). The lowest BCUT2D eigenvalue weighted by molar-refractivity contribution is -0.317. The molecule has 11 heteroatoms. The number of carbonyl (C=O) groups is 1. The summed E-state index contributed by atoms with van der Waals surface area (Å²) in [6.45, 7) is -0.278. The largest absolute Gasteiger partial charge is 0.411 e. The van der Waals surface area contributed by atoms with Crippen LogP contribution >= 0.6 is 34.8 Å². The van der Waals surface area contributed by atoms with E-state index in [2.05, 4.69) is 0 Å². The van der Waals surface area contributed by atoms with Crippen molar-refractivity contribution in [2.45, 2.75) is 19.3 Å². The second-order valence-electron chi connectivity index (χ2n) is 4.32. The van der Waals surface area contributed by atoms with E-state index in [1.165, 1.54) is 5.32 Å². The minimum absolute atomic E-state index is 0.0117. The van der Waals surface area contributed by atoms with Crippen molar-refractivity contribution in [1.29, 1.82) is 0 Å². The molecule has 0 saturated heterocycles. The molecule has 1 rings (SSSR count). The maximum absolute atomic E-state index is 12.8. The van der Waals surface area contributed by atoms with E-state index in [1.54, 1.807) is 0 Å². The van der Waals surface area contributed by atoms with Gasteiger partial charge in [-0.1, -0.05) is 34.8 Å². The molecule has 1 amide bonds. The van der Waals surface area contributed by atoms with Crippen molar-refractivity contribution in [1.82, 2.24) is 0 Å². The first kappa shape index (κ1) is 19.2. The summed E-state index contributed by atoms with van der Waals surface area (Å²) >= 11 is 16.8. The van der Waals surface area contributed by atoms with Gasteiger partial charge in [-0.3, -0.25) is 4.79 Å². The fraction of sp³-hybridized carbons (Fsp3) is 0.364. The van der Waals surface area contributed by atoms with Gasteiger partial charge < -0.3 is 5.32 Å². The van der Waals surface area contributed by atoms with Gasteiger partial charge in [-0.25, -0.2) is 0 Å². The van der Waals surface area contributed by atoms with Crippen molar-refractivity contribution in [2.24, 2.45) is 5.41 Å². The van der Waals surface area contributed by atoms with Crippen LogP contribution in [-0.4, -0.2) is 18.3 Å². The molecule has 2 nitrogen and oxygen atoms in total. The highest BCUT2D eigenvalue weighted by Gasteiger charge is 2.72. The lowest BCUT2D eigenvalue weighted by atomic mass is 9.87. The molecule has 0 saturated carbocycles. The SMILES string of the molecule is CC(C(=O)Nc1c(Cl)cc(Cl)cc1Cl)(C(F)(F)F)C(F)(F)F. The van der Waals surface area contributed by atoms with Gasteiger partial charge in [-0.2, -0.15) is 26.3 Å². The zero-order valence-corrected chi connectivity index (χ0v) is 12.7. The third-order valence-corrected chi connectivity index (χ3v) is 3.65. The average molecular weight is 389 g/mol. The normalized spacial score (nSPS) is 13.2. The smallest absolute Gasteiger partial charge is 0.322 e. The van der Waals surface area contributed by atoms with E-state index in [1.807, 2.05) is 0 Å². The van der Waals surface area contributed by atoms with E-state index >= 15 is 0 Å². The van der Waals surface area contributed by atoms with Gasteiger partial charge in [0.15, 0.2) is 0 Å². The van der Waals surface area contributed by atoms with Gasteiger partial charge in [0, 0.05) is 5.02 Å². The zero-order chi connectivity index (χ0) is 17.5. The summed E-state index contributed by atoms with van der Waals surface area (Å²) in [5, 5.41) is 0.636. The van der Waals surface area contributed by atoms with Crippen molar-refractivity contribution in [2.75, 3.05) is 5.32 Å². The van der Waals surface area contributed by atoms with Crippen LogP contribution in [0.15, 0.2) is 12.1 Å². The molecule has 1 aromatic rings. The van der Waals surface area contributed by atoms with Crippen molar-refractivity contribution in [3.8, 4) is 0 Å². The summed E-state index contributed by atoms with van der Waals surface area (Å²) in [6, 6.07) is 2.01. The van der Waals surface area contributed by atoms with Gasteiger partial charge in [-0.05, 0) is 19.1 Å². The number of hydrogen-bond donors (Lipinski definition) is 1. The minimum Gasteiger partial charge on any atom is -0.322 e. The van der Waals surface area contributed by atoms with Gasteiger partial charge >= 0.3 is 12.4 Å². The Morgan fingerprint density at radius 1 is 0.955 bits per heavy atom. The predicted molar refractivity (Wildman–Crippen MR) is 70.3 cm³/mol. The first-order valence-corrected chi connectivity index (χ1v) is 6.44. The van der Waals surface area contributed by atoms with Crippen LogP contribution < -0.4 is 5.32 Å². The van der Waals surface area contributed by atoms with Crippen molar-refractivity contribution < 1.29 is 31.1 Å². The van der Waals surface area contributed by atoms with Gasteiger partial charge in [0.1, 0.15) is 0 Å². The second kappa shape index (κ2) is 5.98. The van der Waals surface area contributed by atoms with Gasteiger partial charge in [0.2, 0.25) is 11.3 Å². The van der Waals surface area contributed by atoms with Crippen molar-refractivity contribution in [3.05, 3.63) is 27.2 Å². The molecule has 0 spiro atoms. The third kappa shape index (κ3) is 3.38. The molecule has 0 atom stereocenters. The number of alkyl halides is 6. The van der Waals surface area contributed by atoms with E-state index < -0.39 is 39.4 Å². The number of hydrogen-bond acceptors (Lipinski definition) is 1. The first-order chi connectivity index (χ1) is 9.71. The summed E-state index contributed by atoms with van der Waals surface area (Å²) in [5.41, 5.74) is -5.23. The molecule has 124 valence electrons. The number of rotatable bonds is 2. The van der Waals surface area contributed by atoms with E-state index in [0.717, 1.165) is 12.1 Å². The van der Waals surface area contributed by atoms with Crippen molar-refractivity contribution >= 4 is 46.4 Å². The van der Waals surface area contributed by atoms with Crippen LogP contribution in [-0.2, 0) is 4.79 Å². The van der Waals surface area contributed by atoms with Crippen molar-refractivity contribution in [3.63, 3.8) is 0 Å². The maximum Gasteiger partial charge on any atom is 0.411 e. The summed E-state index contributed by atoms with van der Waals surface area (Å²) in [6.07, 6.45) is -11.7. The Morgan fingerprint density at radius 2 is 1.32 bits per heavy atom. The molecule has 0 radical (unpaired) electrons. The molecule has 22 heavy (non-hydrogen) atoms.